The van der Waals surface area contributed by atoms with Crippen LogP contribution in [0.4, 0.5) is 5.69 Å². The van der Waals surface area contributed by atoms with E-state index in [0.29, 0.717) is 24.8 Å². The van der Waals surface area contributed by atoms with Crippen LogP contribution in [0.15, 0.2) is 23.1 Å². The number of aliphatic hydroxyl groups excluding tert-OH is 1. The van der Waals surface area contributed by atoms with Gasteiger partial charge >= 0.3 is 0 Å². The van der Waals surface area contributed by atoms with Crippen LogP contribution >= 0.6 is 0 Å². The SMILES string of the molecule is Cc1cccc([N+](=O)[O-])c1S(=O)(=O)N(C)CCCCCO. The molecule has 7 nitrogen and oxygen atoms in total. The molecule has 0 spiro atoms. The summed E-state index contributed by atoms with van der Waals surface area (Å²) in [6.07, 6.45) is 1.90. The van der Waals surface area contributed by atoms with E-state index in [9.17, 15) is 18.5 Å². The molecule has 0 aliphatic rings. The van der Waals surface area contributed by atoms with Crippen LogP contribution < -0.4 is 0 Å². The fourth-order valence-electron chi connectivity index (χ4n) is 2.02. The standard InChI is InChI=1S/C13H20N2O5S/c1-11-7-6-8-12(15(17)18)13(11)21(19,20)14(2)9-4-3-5-10-16/h6-8,16H,3-5,9-10H2,1-2H3. The summed E-state index contributed by atoms with van der Waals surface area (Å²) < 4.78 is 26.2. The summed E-state index contributed by atoms with van der Waals surface area (Å²) >= 11 is 0. The molecule has 0 aliphatic carbocycles. The van der Waals surface area contributed by atoms with Crippen LogP contribution in [0.5, 0.6) is 0 Å². The zero-order valence-electron chi connectivity index (χ0n) is 12.2. The smallest absolute Gasteiger partial charge is 0.289 e. The number of unbranched alkanes of at least 4 members (excludes halogenated alkanes) is 2. The van der Waals surface area contributed by atoms with Crippen LogP contribution in [-0.2, 0) is 10.0 Å². The highest BCUT2D eigenvalue weighted by atomic mass is 32.2. The molecule has 1 rings (SSSR count). The van der Waals surface area contributed by atoms with Crippen molar-refractivity contribution < 1.29 is 18.4 Å². The second kappa shape index (κ2) is 7.48. The van der Waals surface area contributed by atoms with Crippen molar-refractivity contribution in [3.05, 3.63) is 33.9 Å². The quantitative estimate of drug-likeness (QED) is 0.447. The molecular weight excluding hydrogens is 296 g/mol. The van der Waals surface area contributed by atoms with Crippen molar-refractivity contribution in [1.29, 1.82) is 0 Å². The minimum absolute atomic E-state index is 0.0692. The van der Waals surface area contributed by atoms with E-state index in [1.165, 1.54) is 19.2 Å². The normalized spacial score (nSPS) is 11.8. The number of hydrogen-bond donors (Lipinski definition) is 1. The number of sulfonamides is 1. The molecule has 0 aromatic heterocycles. The minimum atomic E-state index is -3.90. The van der Waals surface area contributed by atoms with Crippen molar-refractivity contribution in [2.45, 2.75) is 31.1 Å². The van der Waals surface area contributed by atoms with E-state index in [0.717, 1.165) is 4.31 Å². The van der Waals surface area contributed by atoms with E-state index < -0.39 is 20.6 Å². The molecule has 0 unspecified atom stereocenters. The second-order valence-corrected chi connectivity index (χ2v) is 6.77. The summed E-state index contributed by atoms with van der Waals surface area (Å²) in [4.78, 5) is 10.1. The topological polar surface area (TPSA) is 101 Å². The lowest BCUT2D eigenvalue weighted by Crippen LogP contribution is -2.29. The number of nitro groups is 1. The van der Waals surface area contributed by atoms with Crippen molar-refractivity contribution in [1.82, 2.24) is 4.31 Å². The number of nitrogens with zero attached hydrogens (tertiary/aromatic N) is 2. The third-order valence-electron chi connectivity index (χ3n) is 3.19. The summed E-state index contributed by atoms with van der Waals surface area (Å²) in [5, 5.41) is 19.7. The number of aliphatic hydroxyl groups is 1. The Morgan fingerprint density at radius 1 is 1.29 bits per heavy atom. The van der Waals surface area contributed by atoms with Gasteiger partial charge in [-0.15, -0.1) is 0 Å². The van der Waals surface area contributed by atoms with Gasteiger partial charge in [0, 0.05) is 26.3 Å². The van der Waals surface area contributed by atoms with Crippen LogP contribution in [0.2, 0.25) is 0 Å². The first-order chi connectivity index (χ1) is 9.82. The van der Waals surface area contributed by atoms with E-state index in [1.807, 2.05) is 0 Å². The predicted octanol–water partition coefficient (Wildman–Crippen LogP) is 1.69. The first kappa shape index (κ1) is 17.5. The molecule has 0 bridgehead atoms. The Morgan fingerprint density at radius 2 is 1.95 bits per heavy atom. The molecule has 0 heterocycles. The van der Waals surface area contributed by atoms with Gasteiger partial charge in [-0.25, -0.2) is 12.7 Å². The highest BCUT2D eigenvalue weighted by molar-refractivity contribution is 7.89. The molecule has 0 radical (unpaired) electrons. The summed E-state index contributed by atoms with van der Waals surface area (Å²) in [6.45, 7) is 1.87. The Morgan fingerprint density at radius 3 is 2.52 bits per heavy atom. The maximum Gasteiger partial charge on any atom is 0.289 e. The maximum atomic E-state index is 12.5. The van der Waals surface area contributed by atoms with Gasteiger partial charge in [-0.2, -0.15) is 0 Å². The Labute approximate surface area is 124 Å². The molecule has 8 heteroatoms. The number of benzene rings is 1. The van der Waals surface area contributed by atoms with Gasteiger partial charge in [0.25, 0.3) is 5.69 Å². The van der Waals surface area contributed by atoms with E-state index in [2.05, 4.69) is 0 Å². The molecule has 0 atom stereocenters. The molecule has 0 aliphatic heterocycles. The molecule has 0 fully saturated rings. The van der Waals surface area contributed by atoms with Gasteiger partial charge in [0.2, 0.25) is 10.0 Å². The fraction of sp³-hybridized carbons (Fsp3) is 0.538. The van der Waals surface area contributed by atoms with E-state index in [1.54, 1.807) is 13.0 Å². The molecule has 1 N–H and O–H groups in total. The average Bonchev–Trinajstić information content (AvgIpc) is 2.42. The lowest BCUT2D eigenvalue weighted by molar-refractivity contribution is -0.387. The van der Waals surface area contributed by atoms with Gasteiger partial charge in [-0.05, 0) is 31.7 Å². The first-order valence-corrected chi connectivity index (χ1v) is 8.07. The average molecular weight is 316 g/mol. The lowest BCUT2D eigenvalue weighted by atomic mass is 10.2. The van der Waals surface area contributed by atoms with E-state index in [4.69, 9.17) is 5.11 Å². The third-order valence-corrected chi connectivity index (χ3v) is 5.24. The largest absolute Gasteiger partial charge is 0.396 e. The maximum absolute atomic E-state index is 12.5. The molecule has 0 saturated heterocycles. The third kappa shape index (κ3) is 4.23. The van der Waals surface area contributed by atoms with Gasteiger partial charge in [0.1, 0.15) is 0 Å². The summed E-state index contributed by atoms with van der Waals surface area (Å²) in [7, 11) is -2.50. The van der Waals surface area contributed by atoms with Crippen LogP contribution in [0.25, 0.3) is 0 Å². The van der Waals surface area contributed by atoms with Gasteiger partial charge in [-0.1, -0.05) is 12.1 Å². The number of hydrogen-bond acceptors (Lipinski definition) is 5. The molecule has 0 amide bonds. The first-order valence-electron chi connectivity index (χ1n) is 6.63. The number of aryl methyl sites for hydroxylation is 1. The minimum Gasteiger partial charge on any atom is -0.396 e. The zero-order valence-corrected chi connectivity index (χ0v) is 13.0. The van der Waals surface area contributed by atoms with Crippen LogP contribution in [-0.4, -0.2) is 43.0 Å². The fourth-order valence-corrected chi connectivity index (χ4v) is 3.58. The summed E-state index contributed by atoms with van der Waals surface area (Å²) in [5.74, 6) is 0. The summed E-state index contributed by atoms with van der Waals surface area (Å²) in [5.41, 5.74) is -0.0522. The molecule has 0 saturated carbocycles. The lowest BCUT2D eigenvalue weighted by Gasteiger charge is -2.18. The van der Waals surface area contributed by atoms with Crippen LogP contribution in [0, 0.1) is 17.0 Å². The van der Waals surface area contributed by atoms with Crippen molar-refractivity contribution in [2.24, 2.45) is 0 Å². The Balaban J connectivity index is 3.05. The Bertz CT molecular complexity index is 601. The molecule has 1 aromatic carbocycles. The number of rotatable bonds is 8. The highest BCUT2D eigenvalue weighted by Crippen LogP contribution is 2.29. The zero-order chi connectivity index (χ0) is 16.0. The molecule has 21 heavy (non-hydrogen) atoms. The number of nitro benzene ring substituents is 1. The molecular formula is C13H20N2O5S. The predicted molar refractivity (Wildman–Crippen MR) is 78.6 cm³/mol. The monoisotopic (exact) mass is 316 g/mol. The van der Waals surface area contributed by atoms with E-state index >= 15 is 0 Å². The van der Waals surface area contributed by atoms with Gasteiger partial charge in [-0.3, -0.25) is 10.1 Å². The van der Waals surface area contributed by atoms with Crippen molar-refractivity contribution in [2.75, 3.05) is 20.2 Å². The van der Waals surface area contributed by atoms with Gasteiger partial charge in [0.15, 0.2) is 4.90 Å². The van der Waals surface area contributed by atoms with Crippen molar-refractivity contribution in [3.63, 3.8) is 0 Å². The Kier molecular flexibility index (Phi) is 6.25. The molecule has 118 valence electrons. The van der Waals surface area contributed by atoms with Crippen LogP contribution in [0.3, 0.4) is 0 Å². The highest BCUT2D eigenvalue weighted by Gasteiger charge is 2.30. The molecule has 1 aromatic rings. The van der Waals surface area contributed by atoms with Crippen molar-refractivity contribution in [3.8, 4) is 0 Å². The van der Waals surface area contributed by atoms with Gasteiger partial charge < -0.3 is 5.11 Å². The van der Waals surface area contributed by atoms with Crippen LogP contribution in [0.1, 0.15) is 24.8 Å². The van der Waals surface area contributed by atoms with Crippen molar-refractivity contribution >= 4 is 15.7 Å². The van der Waals surface area contributed by atoms with E-state index in [-0.39, 0.29) is 18.0 Å². The second-order valence-electron chi connectivity index (χ2n) is 4.79. The summed E-state index contributed by atoms with van der Waals surface area (Å²) in [6, 6.07) is 4.20. The van der Waals surface area contributed by atoms with Gasteiger partial charge in [0.05, 0.1) is 4.92 Å². The Hall–Kier alpha value is -1.51.